The van der Waals surface area contributed by atoms with Crippen molar-refractivity contribution in [3.63, 3.8) is 0 Å². The van der Waals surface area contributed by atoms with E-state index in [1.165, 1.54) is 19.9 Å². The number of carbonyl (C=O) groups is 2. The summed E-state index contributed by atoms with van der Waals surface area (Å²) in [6.07, 6.45) is 2.01. The van der Waals surface area contributed by atoms with Gasteiger partial charge in [-0.25, -0.2) is 4.57 Å². The quantitative estimate of drug-likeness (QED) is 0.193. The van der Waals surface area contributed by atoms with Gasteiger partial charge in [-0.05, 0) is 13.3 Å². The molecule has 0 rings (SSSR count). The third-order valence-electron chi connectivity index (χ3n) is 3.02. The second kappa shape index (κ2) is 14.7. The van der Waals surface area contributed by atoms with Gasteiger partial charge in [-0.2, -0.15) is 0 Å². The molecule has 0 aromatic heterocycles. The lowest BCUT2D eigenvalue weighted by atomic mass is 10.2. The lowest BCUT2D eigenvalue weighted by molar-refractivity contribution is -0.121. The zero-order valence-corrected chi connectivity index (χ0v) is 17.2. The van der Waals surface area contributed by atoms with Gasteiger partial charge >= 0.3 is 7.82 Å². The molecule has 0 fully saturated rings. The summed E-state index contributed by atoms with van der Waals surface area (Å²) in [6.45, 7) is 8.61. The second-order valence-electron chi connectivity index (χ2n) is 5.81. The standard InChI is InChI=1S/C16H32N3O7P/c1-5-8-24-27(22,25-10-7-17)26-12-16(19-15(4)21)11-23-9-6-13(2)18-14(3)20/h5,13,16H,1,6-12,17H2,2-4H3,(H,18,20)(H,19,21)/t13-,16+,27?/m0/s1. The van der Waals surface area contributed by atoms with Crippen molar-refractivity contribution >= 4 is 19.6 Å². The highest BCUT2D eigenvalue weighted by atomic mass is 31.2. The molecule has 0 aliphatic rings. The molecule has 0 heterocycles. The zero-order chi connectivity index (χ0) is 20.7. The van der Waals surface area contributed by atoms with Gasteiger partial charge in [-0.15, -0.1) is 6.58 Å². The topological polar surface area (TPSA) is 138 Å². The molecule has 0 aliphatic carbocycles. The number of nitrogens with two attached hydrogens (primary N) is 1. The summed E-state index contributed by atoms with van der Waals surface area (Å²) in [7, 11) is -3.83. The van der Waals surface area contributed by atoms with Crippen molar-refractivity contribution in [3.8, 4) is 0 Å². The molecule has 1 unspecified atom stereocenters. The lowest BCUT2D eigenvalue weighted by Crippen LogP contribution is -2.40. The van der Waals surface area contributed by atoms with Gasteiger partial charge in [0.1, 0.15) is 0 Å². The number of amides is 2. The molecule has 0 radical (unpaired) electrons. The number of hydrogen-bond donors (Lipinski definition) is 3. The molecular weight excluding hydrogens is 377 g/mol. The largest absolute Gasteiger partial charge is 0.475 e. The highest BCUT2D eigenvalue weighted by molar-refractivity contribution is 7.48. The van der Waals surface area contributed by atoms with Crippen molar-refractivity contribution < 1.29 is 32.5 Å². The summed E-state index contributed by atoms with van der Waals surface area (Å²) in [5.74, 6) is -0.400. The van der Waals surface area contributed by atoms with E-state index in [4.69, 9.17) is 24.0 Å². The number of carbonyl (C=O) groups excluding carboxylic acids is 2. The van der Waals surface area contributed by atoms with E-state index in [1.807, 2.05) is 6.92 Å². The fourth-order valence-corrected chi connectivity index (χ4v) is 3.13. The smallest absolute Gasteiger partial charge is 0.379 e. The molecule has 0 aliphatic heterocycles. The first-order chi connectivity index (χ1) is 12.7. The van der Waals surface area contributed by atoms with Crippen LogP contribution in [0.5, 0.6) is 0 Å². The van der Waals surface area contributed by atoms with Crippen LogP contribution in [0, 0.1) is 0 Å². The fraction of sp³-hybridized carbons (Fsp3) is 0.750. The maximum absolute atomic E-state index is 12.5. The third-order valence-corrected chi connectivity index (χ3v) is 4.45. The van der Waals surface area contributed by atoms with E-state index in [0.717, 1.165) is 0 Å². The van der Waals surface area contributed by atoms with Crippen molar-refractivity contribution in [1.82, 2.24) is 10.6 Å². The van der Waals surface area contributed by atoms with Crippen LogP contribution in [0.2, 0.25) is 0 Å². The van der Waals surface area contributed by atoms with Crippen LogP contribution in [0.1, 0.15) is 27.2 Å². The van der Waals surface area contributed by atoms with Crippen molar-refractivity contribution in [2.45, 2.75) is 39.3 Å². The fourth-order valence-electron chi connectivity index (χ4n) is 1.93. The van der Waals surface area contributed by atoms with E-state index >= 15 is 0 Å². The summed E-state index contributed by atoms with van der Waals surface area (Å²) >= 11 is 0. The Morgan fingerprint density at radius 1 is 1.11 bits per heavy atom. The van der Waals surface area contributed by atoms with Crippen molar-refractivity contribution in [2.75, 3.05) is 39.6 Å². The molecular formula is C16H32N3O7P. The van der Waals surface area contributed by atoms with Gasteiger partial charge < -0.3 is 21.1 Å². The predicted molar refractivity (Wildman–Crippen MR) is 101 cm³/mol. The average molecular weight is 409 g/mol. The Morgan fingerprint density at radius 3 is 2.33 bits per heavy atom. The molecule has 4 N–H and O–H groups in total. The van der Waals surface area contributed by atoms with Gasteiger partial charge in [0.05, 0.1) is 32.5 Å². The number of phosphoric ester groups is 1. The molecule has 0 bridgehead atoms. The number of phosphoric acid groups is 1. The summed E-state index contributed by atoms with van der Waals surface area (Å²) in [5, 5.41) is 5.39. The van der Waals surface area contributed by atoms with E-state index in [2.05, 4.69) is 17.2 Å². The first-order valence-corrected chi connectivity index (χ1v) is 10.1. The summed E-state index contributed by atoms with van der Waals surface area (Å²) in [4.78, 5) is 22.3. The Morgan fingerprint density at radius 2 is 1.78 bits per heavy atom. The van der Waals surface area contributed by atoms with Crippen LogP contribution < -0.4 is 16.4 Å². The maximum atomic E-state index is 12.5. The Kier molecular flexibility index (Phi) is 14.0. The Bertz CT molecular complexity index is 504. The van der Waals surface area contributed by atoms with E-state index in [-0.39, 0.29) is 50.8 Å². The molecule has 0 saturated heterocycles. The number of ether oxygens (including phenoxy) is 1. The Labute approximate surface area is 160 Å². The van der Waals surface area contributed by atoms with Crippen molar-refractivity contribution in [3.05, 3.63) is 12.7 Å². The van der Waals surface area contributed by atoms with Crippen molar-refractivity contribution in [1.29, 1.82) is 0 Å². The van der Waals surface area contributed by atoms with Crippen LogP contribution in [0.3, 0.4) is 0 Å². The van der Waals surface area contributed by atoms with Gasteiger partial charge in [0.2, 0.25) is 11.8 Å². The minimum Gasteiger partial charge on any atom is -0.379 e. The molecule has 0 aromatic carbocycles. The molecule has 158 valence electrons. The van der Waals surface area contributed by atoms with Gasteiger partial charge in [0.25, 0.3) is 0 Å². The summed E-state index contributed by atoms with van der Waals surface area (Å²) in [6, 6.07) is -0.587. The summed E-state index contributed by atoms with van der Waals surface area (Å²) < 4.78 is 33.4. The van der Waals surface area contributed by atoms with Gasteiger partial charge in [-0.3, -0.25) is 23.2 Å². The van der Waals surface area contributed by atoms with E-state index < -0.39 is 13.9 Å². The first kappa shape index (κ1) is 25.7. The van der Waals surface area contributed by atoms with Crippen LogP contribution in [0.25, 0.3) is 0 Å². The molecule has 0 saturated carbocycles. The van der Waals surface area contributed by atoms with E-state index in [9.17, 15) is 14.2 Å². The SMILES string of the molecule is C=CCOP(=O)(OCCN)OC[C@@H](COCC[C@H](C)NC(C)=O)NC(C)=O. The minimum absolute atomic E-state index is 0.00321. The monoisotopic (exact) mass is 409 g/mol. The van der Waals surface area contributed by atoms with Crippen LogP contribution in [-0.4, -0.2) is 63.5 Å². The lowest BCUT2D eigenvalue weighted by Gasteiger charge is -2.22. The van der Waals surface area contributed by atoms with Crippen LogP contribution in [0.15, 0.2) is 12.7 Å². The van der Waals surface area contributed by atoms with Crippen LogP contribution in [-0.2, 0) is 32.5 Å². The highest BCUT2D eigenvalue weighted by Gasteiger charge is 2.28. The van der Waals surface area contributed by atoms with Gasteiger partial charge in [-0.1, -0.05) is 6.08 Å². The van der Waals surface area contributed by atoms with Crippen LogP contribution in [0.4, 0.5) is 0 Å². The molecule has 27 heavy (non-hydrogen) atoms. The predicted octanol–water partition coefficient (Wildman–Crippen LogP) is 0.725. The third kappa shape index (κ3) is 14.4. The van der Waals surface area contributed by atoms with Gasteiger partial charge in [0.15, 0.2) is 0 Å². The van der Waals surface area contributed by atoms with E-state index in [1.54, 1.807) is 0 Å². The molecule has 0 spiro atoms. The zero-order valence-electron chi connectivity index (χ0n) is 16.3. The van der Waals surface area contributed by atoms with Crippen molar-refractivity contribution in [2.24, 2.45) is 5.73 Å². The van der Waals surface area contributed by atoms with Gasteiger partial charge in [0, 0.05) is 33.0 Å². The molecule has 3 atom stereocenters. The Balaban J connectivity index is 4.52. The molecule has 2 amide bonds. The summed E-state index contributed by atoms with van der Waals surface area (Å²) in [5.41, 5.74) is 5.34. The normalized spacial score (nSPS) is 15.4. The Hall–Kier alpha value is -1.29. The maximum Gasteiger partial charge on any atom is 0.475 e. The van der Waals surface area contributed by atoms with E-state index in [0.29, 0.717) is 13.0 Å². The minimum atomic E-state index is -3.83. The first-order valence-electron chi connectivity index (χ1n) is 8.69. The molecule has 11 heteroatoms. The second-order valence-corrected chi connectivity index (χ2v) is 7.48. The van der Waals surface area contributed by atoms with Crippen LogP contribution >= 0.6 is 7.82 Å². The highest BCUT2D eigenvalue weighted by Crippen LogP contribution is 2.49. The number of hydrogen-bond acceptors (Lipinski definition) is 8. The molecule has 0 aromatic rings. The molecule has 10 nitrogen and oxygen atoms in total. The number of nitrogens with one attached hydrogen (secondary N) is 2. The number of rotatable bonds is 16. The average Bonchev–Trinajstić information content (AvgIpc) is 2.58.